The Bertz CT molecular complexity index is 1710. The Balaban J connectivity index is 1.37. The van der Waals surface area contributed by atoms with Gasteiger partial charge in [-0.15, -0.1) is 5.10 Å². The summed E-state index contributed by atoms with van der Waals surface area (Å²) in [5, 5.41) is 12.5. The van der Waals surface area contributed by atoms with Gasteiger partial charge >= 0.3 is 0 Å². The van der Waals surface area contributed by atoms with Gasteiger partial charge in [-0.1, -0.05) is 36.9 Å². The van der Waals surface area contributed by atoms with Crippen LogP contribution in [0.5, 0.6) is 0 Å². The van der Waals surface area contributed by atoms with Crippen LogP contribution in [0.4, 0.5) is 4.39 Å². The normalized spacial score (nSPS) is 23.1. The molecular formula is C29H29FN6O2S. The first-order valence-electron chi connectivity index (χ1n) is 12.7. The molecule has 2 aliphatic rings. The number of allylic oxidation sites excluding steroid dienone is 1. The van der Waals surface area contributed by atoms with Crippen LogP contribution in [0.15, 0.2) is 89.7 Å². The van der Waals surface area contributed by atoms with E-state index in [9.17, 15) is 12.8 Å². The summed E-state index contributed by atoms with van der Waals surface area (Å²) in [7, 11) is -2.19. The molecule has 0 unspecified atom stereocenters. The van der Waals surface area contributed by atoms with Gasteiger partial charge in [0.15, 0.2) is 0 Å². The van der Waals surface area contributed by atoms with E-state index in [0.717, 1.165) is 28.1 Å². The van der Waals surface area contributed by atoms with E-state index in [4.69, 9.17) is 0 Å². The van der Waals surface area contributed by atoms with Crippen molar-refractivity contribution in [1.82, 2.24) is 29.1 Å². The Morgan fingerprint density at radius 1 is 1.10 bits per heavy atom. The van der Waals surface area contributed by atoms with Crippen molar-refractivity contribution in [3.63, 3.8) is 0 Å². The van der Waals surface area contributed by atoms with E-state index in [1.54, 1.807) is 30.1 Å². The summed E-state index contributed by atoms with van der Waals surface area (Å²) in [6, 6.07) is 16.4. The maximum absolute atomic E-state index is 13.5. The molecule has 8 nitrogen and oxygen atoms in total. The Hall–Kier alpha value is -3.89. The molecule has 4 aromatic rings. The number of aromatic nitrogens is 5. The summed E-state index contributed by atoms with van der Waals surface area (Å²) in [5.74, 6) is -0.0615. The number of halogens is 1. The molecule has 3 atom stereocenters. The fourth-order valence-electron chi connectivity index (χ4n) is 6.10. The van der Waals surface area contributed by atoms with Crippen molar-refractivity contribution in [2.75, 3.05) is 13.1 Å². The lowest BCUT2D eigenvalue weighted by Crippen LogP contribution is -2.34. The van der Waals surface area contributed by atoms with Gasteiger partial charge in [0.05, 0.1) is 23.8 Å². The zero-order valence-corrected chi connectivity index (χ0v) is 22.8. The number of hydrogen-bond acceptors (Lipinski definition) is 5. The smallest absolute Gasteiger partial charge is 0.233 e. The lowest BCUT2D eigenvalue weighted by molar-refractivity contribution is 0.407. The van der Waals surface area contributed by atoms with Gasteiger partial charge < -0.3 is 0 Å². The van der Waals surface area contributed by atoms with Crippen LogP contribution in [0.1, 0.15) is 29.7 Å². The van der Waals surface area contributed by atoms with Crippen LogP contribution in [0.3, 0.4) is 0 Å². The zero-order valence-electron chi connectivity index (χ0n) is 22.0. The highest BCUT2D eigenvalue weighted by Gasteiger charge is 2.71. The first-order valence-corrected chi connectivity index (χ1v) is 14.2. The van der Waals surface area contributed by atoms with Crippen LogP contribution >= 0.6 is 0 Å². The molecule has 1 aliphatic heterocycles. The third-order valence-electron chi connectivity index (χ3n) is 8.15. The molecule has 2 fully saturated rings. The van der Waals surface area contributed by atoms with E-state index in [-0.39, 0.29) is 22.7 Å². The van der Waals surface area contributed by atoms with Crippen LogP contribution in [0.2, 0.25) is 0 Å². The van der Waals surface area contributed by atoms with E-state index >= 15 is 0 Å². The molecule has 1 aliphatic carbocycles. The quantitative estimate of drug-likeness (QED) is 0.320. The average molecular weight is 545 g/mol. The van der Waals surface area contributed by atoms with Gasteiger partial charge in [-0.25, -0.2) is 17.5 Å². The van der Waals surface area contributed by atoms with Gasteiger partial charge in [0, 0.05) is 31.5 Å². The lowest BCUT2D eigenvalue weighted by atomic mass is 9.86. The van der Waals surface area contributed by atoms with E-state index in [2.05, 4.69) is 34.0 Å². The Kier molecular flexibility index (Phi) is 5.92. The highest BCUT2D eigenvalue weighted by atomic mass is 32.2. The Morgan fingerprint density at radius 3 is 2.49 bits per heavy atom. The van der Waals surface area contributed by atoms with Crippen LogP contribution < -0.4 is 0 Å². The molecule has 6 rings (SSSR count). The minimum absolute atomic E-state index is 0.0468. The first-order chi connectivity index (χ1) is 18.6. The van der Waals surface area contributed by atoms with Crippen molar-refractivity contribution in [3.8, 4) is 5.69 Å². The topological polar surface area (TPSA) is 85.9 Å². The summed E-state index contributed by atoms with van der Waals surface area (Å²) in [6.07, 6.45) is 5.11. The molecule has 200 valence electrons. The second-order valence-corrected chi connectivity index (χ2v) is 12.3. The fourth-order valence-corrected chi connectivity index (χ4v) is 7.50. The number of fused-ring (bicyclic) bond motifs is 1. The van der Waals surface area contributed by atoms with E-state index in [1.807, 2.05) is 38.1 Å². The first kappa shape index (κ1) is 25.4. The van der Waals surface area contributed by atoms with Crippen molar-refractivity contribution in [3.05, 3.63) is 107 Å². The van der Waals surface area contributed by atoms with Gasteiger partial charge in [0.25, 0.3) is 10.0 Å². The molecule has 1 saturated carbocycles. The SMILES string of the molecule is C=C(/C(C)=C\c1c(C)cnn1-c1ccc(F)cc1)[C@]12CN(S(=O)(=O)c3cnn(C)n3)C[C@H]1[C@@H]2c1ccccc1. The minimum atomic E-state index is -3.79. The van der Waals surface area contributed by atoms with E-state index < -0.39 is 15.4 Å². The fraction of sp³-hybridized carbons (Fsp3) is 0.276. The Morgan fingerprint density at radius 2 is 1.82 bits per heavy atom. The van der Waals surface area contributed by atoms with Crippen LogP contribution in [-0.2, 0) is 17.1 Å². The molecule has 0 amide bonds. The second-order valence-electron chi connectivity index (χ2n) is 10.4. The molecule has 39 heavy (non-hydrogen) atoms. The van der Waals surface area contributed by atoms with Gasteiger partial charge in [0.2, 0.25) is 5.03 Å². The summed E-state index contributed by atoms with van der Waals surface area (Å²) in [5.41, 5.74) is 5.18. The number of rotatable bonds is 7. The summed E-state index contributed by atoms with van der Waals surface area (Å²) in [4.78, 5) is 1.25. The van der Waals surface area contributed by atoms with E-state index in [1.165, 1.54) is 33.0 Å². The highest BCUT2D eigenvalue weighted by Crippen LogP contribution is 2.73. The van der Waals surface area contributed by atoms with Gasteiger partial charge in [-0.3, -0.25) is 0 Å². The summed E-state index contributed by atoms with van der Waals surface area (Å²) >= 11 is 0. The number of nitrogens with zero attached hydrogens (tertiary/aromatic N) is 6. The molecule has 2 aromatic heterocycles. The van der Waals surface area contributed by atoms with Crippen LogP contribution in [-0.4, -0.2) is 50.6 Å². The molecule has 2 aromatic carbocycles. The number of sulfonamides is 1. The van der Waals surface area contributed by atoms with Gasteiger partial charge in [-0.05, 0) is 72.4 Å². The minimum Gasteiger partial charge on any atom is -0.233 e. The van der Waals surface area contributed by atoms with Crippen LogP contribution in [0, 0.1) is 24.1 Å². The van der Waals surface area contributed by atoms with Crippen molar-refractivity contribution in [2.24, 2.45) is 18.4 Å². The maximum atomic E-state index is 13.5. The molecule has 1 saturated heterocycles. The number of piperidine rings is 1. The van der Waals surface area contributed by atoms with Crippen LogP contribution in [0.25, 0.3) is 11.8 Å². The summed E-state index contributed by atoms with van der Waals surface area (Å²) < 4.78 is 43.7. The molecule has 0 bridgehead atoms. The van der Waals surface area contributed by atoms with Crippen molar-refractivity contribution in [1.29, 1.82) is 0 Å². The largest absolute Gasteiger partial charge is 0.264 e. The monoisotopic (exact) mass is 544 g/mol. The molecule has 0 spiro atoms. The molecule has 10 heteroatoms. The van der Waals surface area contributed by atoms with Crippen molar-refractivity contribution in [2.45, 2.75) is 24.8 Å². The zero-order chi connectivity index (χ0) is 27.5. The van der Waals surface area contributed by atoms with Gasteiger partial charge in [0.1, 0.15) is 5.82 Å². The predicted octanol–water partition coefficient (Wildman–Crippen LogP) is 4.51. The standard InChI is InChI=1S/C29H29FN6O2S/c1-19(14-26-20(2)15-32-36(26)24-12-10-23(30)11-13-24)21(3)29-18-35(39(37,38)27-16-31-34(4)33-27)17-25(29)28(29)22-8-6-5-7-9-22/h5-16,25,28H,3,17-18H2,1-2,4H3/b19-14-/t25-,28-,29+/m0/s1. The second kappa shape index (κ2) is 9.10. The van der Waals surface area contributed by atoms with Gasteiger partial charge in [-0.2, -0.15) is 19.3 Å². The maximum Gasteiger partial charge on any atom is 0.264 e. The molecule has 3 heterocycles. The molecule has 0 radical (unpaired) electrons. The number of hydrogen-bond donors (Lipinski definition) is 0. The predicted molar refractivity (Wildman–Crippen MR) is 146 cm³/mol. The van der Waals surface area contributed by atoms with Crippen molar-refractivity contribution < 1.29 is 12.8 Å². The highest BCUT2D eigenvalue weighted by molar-refractivity contribution is 7.89. The number of benzene rings is 2. The third-order valence-corrected chi connectivity index (χ3v) is 9.82. The lowest BCUT2D eigenvalue weighted by Gasteiger charge is -2.25. The van der Waals surface area contributed by atoms with E-state index in [0.29, 0.717) is 13.1 Å². The average Bonchev–Trinajstić information content (AvgIpc) is 3.31. The van der Waals surface area contributed by atoms with Crippen molar-refractivity contribution >= 4 is 16.1 Å². The Labute approximate surface area is 227 Å². The molecule has 0 N–H and O–H groups in total. The number of aryl methyl sites for hydroxylation is 2. The molecular weight excluding hydrogens is 515 g/mol. The summed E-state index contributed by atoms with van der Waals surface area (Å²) in [6.45, 7) is 9.23. The third kappa shape index (κ3) is 4.06.